The first-order valence-electron chi connectivity index (χ1n) is 7.64. The number of fused-ring (bicyclic) bond motifs is 3. The summed E-state index contributed by atoms with van der Waals surface area (Å²) in [4.78, 5) is 11.1. The van der Waals surface area contributed by atoms with Crippen molar-refractivity contribution in [3.8, 4) is 0 Å². The van der Waals surface area contributed by atoms with Gasteiger partial charge in [0.2, 0.25) is 0 Å². The molecule has 0 saturated carbocycles. The van der Waals surface area contributed by atoms with Crippen LogP contribution in [0.3, 0.4) is 0 Å². The number of rotatable bonds is 3. The van der Waals surface area contributed by atoms with Crippen LogP contribution < -0.4 is 5.43 Å². The van der Waals surface area contributed by atoms with E-state index >= 15 is 0 Å². The molecule has 2 aromatic heterocycles. The molecule has 0 amide bonds. The van der Waals surface area contributed by atoms with Gasteiger partial charge in [-0.1, -0.05) is 11.6 Å². The van der Waals surface area contributed by atoms with E-state index in [-0.39, 0.29) is 5.82 Å². The van der Waals surface area contributed by atoms with Gasteiger partial charge in [0.15, 0.2) is 5.82 Å². The number of nitrogens with one attached hydrogen (secondary N) is 1. The predicted molar refractivity (Wildman–Crippen MR) is 96.7 cm³/mol. The highest BCUT2D eigenvalue weighted by Gasteiger charge is 2.21. The quantitative estimate of drug-likeness (QED) is 0.538. The first kappa shape index (κ1) is 15.5. The van der Waals surface area contributed by atoms with Crippen LogP contribution in [-0.2, 0) is 12.8 Å². The number of anilines is 1. The van der Waals surface area contributed by atoms with Crippen molar-refractivity contribution in [3.63, 3.8) is 0 Å². The molecule has 2 heterocycles. The van der Waals surface area contributed by atoms with Crippen molar-refractivity contribution >= 4 is 44.7 Å². The van der Waals surface area contributed by atoms with E-state index in [0.717, 1.165) is 23.1 Å². The van der Waals surface area contributed by atoms with Crippen molar-refractivity contribution in [2.75, 3.05) is 5.43 Å². The summed E-state index contributed by atoms with van der Waals surface area (Å²) >= 11 is 7.82. The van der Waals surface area contributed by atoms with Crippen LogP contribution in [0.25, 0.3) is 10.2 Å². The van der Waals surface area contributed by atoms with Crippen LogP contribution in [0, 0.1) is 5.82 Å². The van der Waals surface area contributed by atoms with E-state index in [9.17, 15) is 4.39 Å². The van der Waals surface area contributed by atoms with Gasteiger partial charge in [-0.15, -0.1) is 11.3 Å². The molecular weight excluding hydrogens is 347 g/mol. The molecule has 0 spiro atoms. The first-order chi connectivity index (χ1) is 11.6. The Morgan fingerprint density at radius 1 is 1.33 bits per heavy atom. The standard InChI is InChI=1S/C17H14ClFN4S/c1-9(11-6-5-10(19)7-13(11)18)22-23-16-15-12-3-2-4-14(12)24-17(15)21-8-20-16/h5-8H,2-4H2,1H3,(H,20,21,23)/b22-9-. The van der Waals surface area contributed by atoms with Gasteiger partial charge in [0.1, 0.15) is 17.0 Å². The maximum Gasteiger partial charge on any atom is 0.158 e. The van der Waals surface area contributed by atoms with Crippen LogP contribution in [0.1, 0.15) is 29.3 Å². The second kappa shape index (κ2) is 6.11. The minimum Gasteiger partial charge on any atom is -0.260 e. The second-order valence-electron chi connectivity index (χ2n) is 5.69. The van der Waals surface area contributed by atoms with Crippen molar-refractivity contribution < 1.29 is 4.39 Å². The summed E-state index contributed by atoms with van der Waals surface area (Å²) < 4.78 is 13.2. The Balaban J connectivity index is 1.69. The van der Waals surface area contributed by atoms with Gasteiger partial charge in [0.05, 0.1) is 16.1 Å². The summed E-state index contributed by atoms with van der Waals surface area (Å²) in [7, 11) is 0. The summed E-state index contributed by atoms with van der Waals surface area (Å²) in [5.74, 6) is 0.341. The van der Waals surface area contributed by atoms with E-state index in [1.807, 2.05) is 6.92 Å². The Bertz CT molecular complexity index is 967. The Labute approximate surface area is 147 Å². The molecule has 0 aliphatic heterocycles. The van der Waals surface area contributed by atoms with Crippen LogP contribution >= 0.6 is 22.9 Å². The van der Waals surface area contributed by atoms with Crippen molar-refractivity contribution in [3.05, 3.63) is 51.4 Å². The van der Waals surface area contributed by atoms with Crippen LogP contribution in [-0.4, -0.2) is 15.7 Å². The maximum absolute atomic E-state index is 13.2. The molecule has 1 N–H and O–H groups in total. The highest BCUT2D eigenvalue weighted by Crippen LogP contribution is 2.39. The number of thiophene rings is 1. The van der Waals surface area contributed by atoms with Crippen molar-refractivity contribution in [1.82, 2.24) is 9.97 Å². The monoisotopic (exact) mass is 360 g/mol. The van der Waals surface area contributed by atoms with E-state index in [1.54, 1.807) is 23.7 Å². The topological polar surface area (TPSA) is 50.2 Å². The molecule has 4 nitrogen and oxygen atoms in total. The van der Waals surface area contributed by atoms with Gasteiger partial charge in [-0.05, 0) is 49.9 Å². The Hall–Kier alpha value is -2.05. The molecule has 0 bridgehead atoms. The summed E-state index contributed by atoms with van der Waals surface area (Å²) in [6, 6.07) is 4.27. The van der Waals surface area contributed by atoms with E-state index in [4.69, 9.17) is 11.6 Å². The average molecular weight is 361 g/mol. The lowest BCUT2D eigenvalue weighted by atomic mass is 10.1. The van der Waals surface area contributed by atoms with Gasteiger partial charge in [-0.3, -0.25) is 5.43 Å². The number of aryl methyl sites for hydroxylation is 2. The van der Waals surface area contributed by atoms with E-state index in [0.29, 0.717) is 22.1 Å². The third-order valence-electron chi connectivity index (χ3n) is 4.15. The molecule has 1 aliphatic carbocycles. The highest BCUT2D eigenvalue weighted by molar-refractivity contribution is 7.19. The minimum absolute atomic E-state index is 0.335. The van der Waals surface area contributed by atoms with Crippen molar-refractivity contribution in [2.24, 2.45) is 5.10 Å². The number of benzene rings is 1. The fourth-order valence-electron chi connectivity index (χ4n) is 2.99. The number of aromatic nitrogens is 2. The SMILES string of the molecule is C/C(=N/Nc1ncnc2sc3c(c12)CCC3)c1ccc(F)cc1Cl. The lowest BCUT2D eigenvalue weighted by molar-refractivity contribution is 0.628. The molecular formula is C17H14ClFN4S. The van der Waals surface area contributed by atoms with Gasteiger partial charge in [0, 0.05) is 10.4 Å². The zero-order valence-corrected chi connectivity index (χ0v) is 14.5. The molecule has 0 saturated heterocycles. The van der Waals surface area contributed by atoms with Crippen LogP contribution in [0.2, 0.25) is 5.02 Å². The van der Waals surface area contributed by atoms with Crippen molar-refractivity contribution in [2.45, 2.75) is 26.2 Å². The summed E-state index contributed by atoms with van der Waals surface area (Å²) in [5, 5.41) is 5.79. The molecule has 24 heavy (non-hydrogen) atoms. The first-order valence-corrected chi connectivity index (χ1v) is 8.84. The number of halogens is 2. The van der Waals surface area contributed by atoms with Crippen LogP contribution in [0.4, 0.5) is 10.2 Å². The van der Waals surface area contributed by atoms with Gasteiger partial charge < -0.3 is 0 Å². The van der Waals surface area contributed by atoms with Gasteiger partial charge >= 0.3 is 0 Å². The van der Waals surface area contributed by atoms with E-state index in [2.05, 4.69) is 20.5 Å². The molecule has 7 heteroatoms. The largest absolute Gasteiger partial charge is 0.260 e. The third kappa shape index (κ3) is 2.65. The second-order valence-corrected chi connectivity index (χ2v) is 7.18. The average Bonchev–Trinajstić information content (AvgIpc) is 3.13. The minimum atomic E-state index is -0.365. The lowest BCUT2D eigenvalue weighted by Gasteiger charge is -2.06. The van der Waals surface area contributed by atoms with Gasteiger partial charge in [-0.25, -0.2) is 14.4 Å². The zero-order chi connectivity index (χ0) is 16.7. The Kier molecular flexibility index (Phi) is 3.94. The molecule has 0 radical (unpaired) electrons. The normalized spacial score (nSPS) is 14.2. The molecule has 1 aromatic carbocycles. The van der Waals surface area contributed by atoms with E-state index in [1.165, 1.54) is 29.0 Å². The number of hydrazone groups is 1. The smallest absolute Gasteiger partial charge is 0.158 e. The number of hydrogen-bond donors (Lipinski definition) is 1. The van der Waals surface area contributed by atoms with Gasteiger partial charge in [0.25, 0.3) is 0 Å². The molecule has 3 aromatic rings. The molecule has 122 valence electrons. The van der Waals surface area contributed by atoms with Gasteiger partial charge in [-0.2, -0.15) is 5.10 Å². The predicted octanol–water partition coefficient (Wildman–Crippen LogP) is 4.81. The summed E-state index contributed by atoms with van der Waals surface area (Å²) in [6.45, 7) is 1.82. The highest BCUT2D eigenvalue weighted by atomic mass is 35.5. The number of nitrogens with zero attached hydrogens (tertiary/aromatic N) is 3. The molecule has 1 aliphatic rings. The summed E-state index contributed by atoms with van der Waals surface area (Å²) in [5.41, 5.74) is 5.73. The third-order valence-corrected chi connectivity index (χ3v) is 5.66. The summed E-state index contributed by atoms with van der Waals surface area (Å²) in [6.07, 6.45) is 4.90. The van der Waals surface area contributed by atoms with Crippen molar-refractivity contribution in [1.29, 1.82) is 0 Å². The molecule has 4 rings (SSSR count). The van der Waals surface area contributed by atoms with E-state index < -0.39 is 0 Å². The molecule has 0 fully saturated rings. The number of hydrogen-bond acceptors (Lipinski definition) is 5. The van der Waals surface area contributed by atoms with Crippen LogP contribution in [0.15, 0.2) is 29.6 Å². The van der Waals surface area contributed by atoms with Crippen LogP contribution in [0.5, 0.6) is 0 Å². The maximum atomic E-state index is 13.2. The Morgan fingerprint density at radius 3 is 3.04 bits per heavy atom. The lowest BCUT2D eigenvalue weighted by Crippen LogP contribution is -2.02. The fourth-order valence-corrected chi connectivity index (χ4v) is 4.53. The zero-order valence-electron chi connectivity index (χ0n) is 12.9. The molecule has 0 unspecified atom stereocenters. The molecule has 0 atom stereocenters. The fraction of sp³-hybridized carbons (Fsp3) is 0.235. The Morgan fingerprint density at radius 2 is 2.21 bits per heavy atom.